The van der Waals surface area contributed by atoms with Crippen molar-refractivity contribution in [1.82, 2.24) is 10.6 Å². The Morgan fingerprint density at radius 2 is 2.00 bits per heavy atom. The normalized spacial score (nSPS) is 20.4. The zero-order valence-electron chi connectivity index (χ0n) is 12.2. The van der Waals surface area contributed by atoms with E-state index in [1.807, 2.05) is 6.07 Å². The maximum Gasteiger partial charge on any atom is 0.251 e. The van der Waals surface area contributed by atoms with Crippen LogP contribution in [0.2, 0.25) is 0 Å². The quantitative estimate of drug-likeness (QED) is 0.886. The highest BCUT2D eigenvalue weighted by atomic mass is 16.1. The van der Waals surface area contributed by atoms with Gasteiger partial charge in [0.25, 0.3) is 5.91 Å². The molecule has 1 aromatic rings. The molecule has 1 atom stereocenters. The van der Waals surface area contributed by atoms with Gasteiger partial charge < -0.3 is 10.6 Å². The summed E-state index contributed by atoms with van der Waals surface area (Å²) in [5, 5.41) is 6.56. The molecular weight excluding hydrogens is 248 g/mol. The van der Waals surface area contributed by atoms with Crippen LogP contribution in [-0.4, -0.2) is 25.0 Å². The van der Waals surface area contributed by atoms with Gasteiger partial charge in [0, 0.05) is 11.6 Å². The number of carbonyl (C=O) groups is 1. The number of aryl methyl sites for hydroxylation is 2. The lowest BCUT2D eigenvalue weighted by Gasteiger charge is -2.28. The molecule has 1 aliphatic carbocycles. The lowest BCUT2D eigenvalue weighted by molar-refractivity contribution is 0.0920. The lowest BCUT2D eigenvalue weighted by Crippen LogP contribution is -2.42. The zero-order valence-corrected chi connectivity index (χ0v) is 12.2. The van der Waals surface area contributed by atoms with Gasteiger partial charge in [0.15, 0.2) is 0 Å². The van der Waals surface area contributed by atoms with Gasteiger partial charge in [-0.05, 0) is 81.3 Å². The molecule has 2 N–H and O–H groups in total. The standard InChI is InChI=1S/C17H24N2O/c1-12(13-7-9-18-10-8-13)19-17(20)16-6-5-14-3-2-4-15(14)11-16/h5-6,11-13,18H,2-4,7-10H2,1H3,(H,19,20). The average molecular weight is 272 g/mol. The van der Waals surface area contributed by atoms with Gasteiger partial charge in [-0.3, -0.25) is 4.79 Å². The monoisotopic (exact) mass is 272 g/mol. The molecule has 0 spiro atoms. The van der Waals surface area contributed by atoms with Crippen LogP contribution >= 0.6 is 0 Å². The molecule has 1 aromatic carbocycles. The third-order valence-corrected chi connectivity index (χ3v) is 4.81. The summed E-state index contributed by atoms with van der Waals surface area (Å²) in [6, 6.07) is 6.46. The van der Waals surface area contributed by atoms with Crippen LogP contribution in [0.5, 0.6) is 0 Å². The van der Waals surface area contributed by atoms with Crippen LogP contribution in [0.3, 0.4) is 0 Å². The first-order valence-corrected chi connectivity index (χ1v) is 7.87. The van der Waals surface area contributed by atoms with Crippen molar-refractivity contribution in [3.63, 3.8) is 0 Å². The van der Waals surface area contributed by atoms with Gasteiger partial charge in [-0.25, -0.2) is 0 Å². The summed E-state index contributed by atoms with van der Waals surface area (Å²) in [7, 11) is 0. The van der Waals surface area contributed by atoms with Crippen LogP contribution in [-0.2, 0) is 12.8 Å². The first-order valence-electron chi connectivity index (χ1n) is 7.87. The summed E-state index contributed by atoms with van der Waals surface area (Å²) in [5.41, 5.74) is 3.62. The van der Waals surface area contributed by atoms with Gasteiger partial charge in [-0.1, -0.05) is 6.07 Å². The number of carbonyl (C=O) groups excluding carboxylic acids is 1. The number of amides is 1. The van der Waals surface area contributed by atoms with Crippen LogP contribution in [0.4, 0.5) is 0 Å². The molecule has 1 fully saturated rings. The summed E-state index contributed by atoms with van der Waals surface area (Å²) in [5.74, 6) is 0.695. The van der Waals surface area contributed by atoms with E-state index in [2.05, 4.69) is 29.7 Å². The van der Waals surface area contributed by atoms with E-state index in [4.69, 9.17) is 0 Å². The van der Waals surface area contributed by atoms with Crippen molar-refractivity contribution in [2.45, 2.75) is 45.1 Å². The number of rotatable bonds is 3. The van der Waals surface area contributed by atoms with Crippen molar-refractivity contribution in [2.75, 3.05) is 13.1 Å². The Morgan fingerprint density at radius 1 is 1.25 bits per heavy atom. The van der Waals surface area contributed by atoms with Crippen molar-refractivity contribution in [1.29, 1.82) is 0 Å². The Balaban J connectivity index is 1.63. The molecule has 1 heterocycles. The first-order chi connectivity index (χ1) is 9.74. The highest BCUT2D eigenvalue weighted by Gasteiger charge is 2.22. The maximum absolute atomic E-state index is 12.4. The maximum atomic E-state index is 12.4. The fourth-order valence-corrected chi connectivity index (χ4v) is 3.47. The molecule has 2 aliphatic rings. The minimum absolute atomic E-state index is 0.0886. The van der Waals surface area contributed by atoms with Gasteiger partial charge in [0.1, 0.15) is 0 Å². The molecule has 3 heteroatoms. The second-order valence-electron chi connectivity index (χ2n) is 6.19. The Morgan fingerprint density at radius 3 is 2.80 bits per heavy atom. The zero-order chi connectivity index (χ0) is 13.9. The molecule has 3 nitrogen and oxygen atoms in total. The average Bonchev–Trinajstić information content (AvgIpc) is 2.95. The summed E-state index contributed by atoms with van der Waals surface area (Å²) < 4.78 is 0. The van der Waals surface area contributed by atoms with Crippen molar-refractivity contribution >= 4 is 5.91 Å². The Kier molecular flexibility index (Phi) is 4.06. The van der Waals surface area contributed by atoms with E-state index < -0.39 is 0 Å². The number of hydrogen-bond donors (Lipinski definition) is 2. The van der Waals surface area contributed by atoms with E-state index >= 15 is 0 Å². The molecule has 0 aromatic heterocycles. The molecule has 1 amide bonds. The number of nitrogens with one attached hydrogen (secondary N) is 2. The fourth-order valence-electron chi connectivity index (χ4n) is 3.47. The predicted octanol–water partition coefficient (Wildman–Crippen LogP) is 2.29. The molecule has 1 saturated heterocycles. The molecule has 1 unspecified atom stereocenters. The second kappa shape index (κ2) is 5.96. The molecular formula is C17H24N2O. The van der Waals surface area contributed by atoms with Crippen LogP contribution in [0.1, 0.15) is 47.7 Å². The topological polar surface area (TPSA) is 41.1 Å². The summed E-state index contributed by atoms with van der Waals surface area (Å²) in [4.78, 5) is 12.4. The Hall–Kier alpha value is -1.35. The molecule has 20 heavy (non-hydrogen) atoms. The SMILES string of the molecule is CC(NC(=O)c1ccc2c(c1)CCC2)C1CCNCC1. The Labute approximate surface area is 121 Å². The largest absolute Gasteiger partial charge is 0.349 e. The van der Waals surface area contributed by atoms with Gasteiger partial charge in [-0.2, -0.15) is 0 Å². The van der Waals surface area contributed by atoms with Gasteiger partial charge in [0.05, 0.1) is 0 Å². The van der Waals surface area contributed by atoms with E-state index in [1.54, 1.807) is 0 Å². The van der Waals surface area contributed by atoms with Crippen LogP contribution in [0.15, 0.2) is 18.2 Å². The highest BCUT2D eigenvalue weighted by molar-refractivity contribution is 5.94. The Bertz CT molecular complexity index is 492. The number of fused-ring (bicyclic) bond motifs is 1. The van der Waals surface area contributed by atoms with Crippen molar-refractivity contribution < 1.29 is 4.79 Å². The van der Waals surface area contributed by atoms with Gasteiger partial charge in [0.2, 0.25) is 0 Å². The van der Waals surface area contributed by atoms with E-state index in [0.717, 1.165) is 37.9 Å². The molecule has 0 saturated carbocycles. The molecule has 108 valence electrons. The number of hydrogen-bond acceptors (Lipinski definition) is 2. The van der Waals surface area contributed by atoms with E-state index in [1.165, 1.54) is 24.0 Å². The first kappa shape index (κ1) is 13.6. The predicted molar refractivity (Wildman–Crippen MR) is 81.0 cm³/mol. The van der Waals surface area contributed by atoms with E-state index in [0.29, 0.717) is 5.92 Å². The molecule has 0 bridgehead atoms. The molecule has 1 aliphatic heterocycles. The van der Waals surface area contributed by atoms with Crippen molar-refractivity contribution in [3.05, 3.63) is 34.9 Å². The van der Waals surface area contributed by atoms with E-state index in [9.17, 15) is 4.79 Å². The fraction of sp³-hybridized carbons (Fsp3) is 0.588. The van der Waals surface area contributed by atoms with Crippen molar-refractivity contribution in [2.24, 2.45) is 5.92 Å². The number of piperidine rings is 1. The minimum atomic E-state index is 0.0886. The number of benzene rings is 1. The third-order valence-electron chi connectivity index (χ3n) is 4.81. The minimum Gasteiger partial charge on any atom is -0.349 e. The molecule has 3 rings (SSSR count). The van der Waals surface area contributed by atoms with Crippen LogP contribution < -0.4 is 10.6 Å². The van der Waals surface area contributed by atoms with E-state index in [-0.39, 0.29) is 11.9 Å². The lowest BCUT2D eigenvalue weighted by atomic mass is 9.91. The second-order valence-corrected chi connectivity index (χ2v) is 6.19. The summed E-state index contributed by atoms with van der Waals surface area (Å²) in [6.07, 6.45) is 5.84. The third kappa shape index (κ3) is 2.88. The summed E-state index contributed by atoms with van der Waals surface area (Å²) >= 11 is 0. The van der Waals surface area contributed by atoms with Crippen LogP contribution in [0, 0.1) is 5.92 Å². The highest BCUT2D eigenvalue weighted by Crippen LogP contribution is 2.23. The van der Waals surface area contributed by atoms with Gasteiger partial charge >= 0.3 is 0 Å². The molecule has 0 radical (unpaired) electrons. The van der Waals surface area contributed by atoms with Crippen LogP contribution in [0.25, 0.3) is 0 Å². The van der Waals surface area contributed by atoms with Gasteiger partial charge in [-0.15, -0.1) is 0 Å². The van der Waals surface area contributed by atoms with Crippen molar-refractivity contribution in [3.8, 4) is 0 Å². The summed E-state index contributed by atoms with van der Waals surface area (Å²) in [6.45, 7) is 4.29. The smallest absolute Gasteiger partial charge is 0.251 e.